The smallest absolute Gasteiger partial charge is 0.316 e. The van der Waals surface area contributed by atoms with Crippen LogP contribution >= 0.6 is 34.7 Å². The molecule has 1 N–H and O–H groups in total. The highest BCUT2D eigenvalue weighted by Gasteiger charge is 2.31. The van der Waals surface area contributed by atoms with Crippen molar-refractivity contribution in [3.63, 3.8) is 0 Å². The summed E-state index contributed by atoms with van der Waals surface area (Å²) in [4.78, 5) is 23.5. The number of halogens is 1. The minimum absolute atomic E-state index is 0.129. The molecule has 1 heterocycles. The summed E-state index contributed by atoms with van der Waals surface area (Å²) in [7, 11) is 1.32. The molecule has 0 saturated carbocycles. The minimum atomic E-state index is -1.13. The van der Waals surface area contributed by atoms with E-state index in [4.69, 9.17) is 16.3 Å². The summed E-state index contributed by atoms with van der Waals surface area (Å²) in [6.45, 7) is 3.29. The van der Waals surface area contributed by atoms with Crippen molar-refractivity contribution in [2.45, 2.75) is 23.8 Å². The van der Waals surface area contributed by atoms with Gasteiger partial charge in [0.1, 0.15) is 5.75 Å². The molecule has 0 atom stereocenters. The number of hydrogen-bond acceptors (Lipinski definition) is 8. The van der Waals surface area contributed by atoms with Crippen molar-refractivity contribution in [3.8, 4) is 5.75 Å². The molecule has 0 spiro atoms. The molecular formula is C15H16ClN3O4S2. The lowest BCUT2D eigenvalue weighted by atomic mass is 10.1. The Hall–Kier alpha value is -1.84. The molecule has 0 bridgehead atoms. The fraction of sp³-hybridized carbons (Fsp3) is 0.333. The Morgan fingerprint density at radius 1 is 1.28 bits per heavy atom. The molecule has 0 fully saturated rings. The van der Waals surface area contributed by atoms with Crippen molar-refractivity contribution in [3.05, 3.63) is 29.3 Å². The van der Waals surface area contributed by atoms with Crippen LogP contribution in [0.4, 0.5) is 5.13 Å². The molecule has 1 aromatic heterocycles. The Labute approximate surface area is 158 Å². The summed E-state index contributed by atoms with van der Waals surface area (Å²) in [5.41, 5.74) is -1.13. The van der Waals surface area contributed by atoms with E-state index in [0.29, 0.717) is 20.2 Å². The second kappa shape index (κ2) is 8.50. The van der Waals surface area contributed by atoms with Crippen LogP contribution in [0, 0.1) is 0 Å². The molecule has 0 aliphatic carbocycles. The zero-order valence-corrected chi connectivity index (χ0v) is 16.1. The molecular weight excluding hydrogens is 386 g/mol. The number of aromatic nitrogens is 2. The molecule has 0 unspecified atom stereocenters. The van der Waals surface area contributed by atoms with Gasteiger partial charge in [-0.25, -0.2) is 0 Å². The van der Waals surface area contributed by atoms with E-state index < -0.39 is 5.60 Å². The lowest BCUT2D eigenvalue weighted by Gasteiger charge is -2.24. The van der Waals surface area contributed by atoms with Gasteiger partial charge in [0.05, 0.1) is 12.9 Å². The number of nitrogens with zero attached hydrogens (tertiary/aromatic N) is 2. The zero-order chi connectivity index (χ0) is 18.4. The number of hydrogen-bond donors (Lipinski definition) is 1. The fourth-order valence-corrected chi connectivity index (χ4v) is 3.29. The van der Waals surface area contributed by atoms with Crippen molar-refractivity contribution in [1.82, 2.24) is 10.2 Å². The molecule has 25 heavy (non-hydrogen) atoms. The SMILES string of the molecule is COC(=O)CSc1nnc(NC(=O)C(C)(C)Oc2ccc(Cl)cc2)s1. The average Bonchev–Trinajstić information content (AvgIpc) is 3.02. The topological polar surface area (TPSA) is 90.4 Å². The van der Waals surface area contributed by atoms with Gasteiger partial charge in [-0.3, -0.25) is 14.9 Å². The first-order chi connectivity index (χ1) is 11.8. The summed E-state index contributed by atoms with van der Waals surface area (Å²) in [5, 5.41) is 11.4. The van der Waals surface area contributed by atoms with Crippen molar-refractivity contribution in [2.24, 2.45) is 0 Å². The van der Waals surface area contributed by atoms with Crippen LogP contribution in [-0.4, -0.2) is 40.5 Å². The summed E-state index contributed by atoms with van der Waals surface area (Å²) < 4.78 is 10.8. The molecule has 0 radical (unpaired) electrons. The molecule has 1 aromatic carbocycles. The number of methoxy groups -OCH3 is 1. The quantitative estimate of drug-likeness (QED) is 0.432. The Kier molecular flexibility index (Phi) is 6.63. The molecule has 0 aliphatic rings. The van der Waals surface area contributed by atoms with E-state index in [1.807, 2.05) is 0 Å². The molecule has 1 amide bonds. The number of thioether (sulfide) groups is 1. The van der Waals surface area contributed by atoms with Crippen molar-refractivity contribution in [2.75, 3.05) is 18.2 Å². The van der Waals surface area contributed by atoms with E-state index in [1.165, 1.54) is 30.2 Å². The molecule has 134 valence electrons. The predicted octanol–water partition coefficient (Wildman–Crippen LogP) is 3.25. The fourth-order valence-electron chi connectivity index (χ4n) is 1.59. The summed E-state index contributed by atoms with van der Waals surface area (Å²) in [6, 6.07) is 6.73. The third-order valence-corrected chi connectivity index (χ3v) is 5.10. The van der Waals surface area contributed by atoms with E-state index in [1.54, 1.807) is 38.1 Å². The van der Waals surface area contributed by atoms with Gasteiger partial charge < -0.3 is 9.47 Å². The highest BCUT2D eigenvalue weighted by Crippen LogP contribution is 2.27. The number of ether oxygens (including phenoxy) is 2. The van der Waals surface area contributed by atoms with E-state index >= 15 is 0 Å². The number of esters is 1. The number of carbonyl (C=O) groups excluding carboxylic acids is 2. The first kappa shape index (κ1) is 19.5. The van der Waals surface area contributed by atoms with E-state index in [9.17, 15) is 9.59 Å². The van der Waals surface area contributed by atoms with Crippen LogP contribution in [0.25, 0.3) is 0 Å². The maximum atomic E-state index is 12.4. The second-order valence-electron chi connectivity index (χ2n) is 5.26. The maximum absolute atomic E-state index is 12.4. The second-order valence-corrected chi connectivity index (χ2v) is 7.89. The molecule has 7 nitrogen and oxygen atoms in total. The predicted molar refractivity (Wildman–Crippen MR) is 97.4 cm³/mol. The first-order valence-corrected chi connectivity index (χ1v) is 9.27. The zero-order valence-electron chi connectivity index (χ0n) is 13.7. The van der Waals surface area contributed by atoms with Crippen LogP contribution in [0.5, 0.6) is 5.75 Å². The number of anilines is 1. The van der Waals surface area contributed by atoms with Crippen molar-refractivity contribution >= 4 is 51.7 Å². The standard InChI is InChI=1S/C15H16ClN3O4S2/c1-15(2,23-10-6-4-9(16)5-7-10)12(21)17-13-18-19-14(25-13)24-8-11(20)22-3/h4-7H,8H2,1-3H3,(H,17,18,21). The van der Waals surface area contributed by atoms with Gasteiger partial charge in [-0.2, -0.15) is 0 Å². The van der Waals surface area contributed by atoms with Crippen LogP contribution in [0.2, 0.25) is 5.02 Å². The first-order valence-electron chi connectivity index (χ1n) is 7.09. The van der Waals surface area contributed by atoms with E-state index in [2.05, 4.69) is 20.3 Å². The maximum Gasteiger partial charge on any atom is 0.316 e. The highest BCUT2D eigenvalue weighted by molar-refractivity contribution is 8.01. The monoisotopic (exact) mass is 401 g/mol. The highest BCUT2D eigenvalue weighted by atomic mass is 35.5. The molecule has 2 aromatic rings. The third kappa shape index (κ3) is 5.87. The summed E-state index contributed by atoms with van der Waals surface area (Å²) >= 11 is 8.18. The Morgan fingerprint density at radius 2 is 1.96 bits per heavy atom. The lowest BCUT2D eigenvalue weighted by Crippen LogP contribution is -2.42. The minimum Gasteiger partial charge on any atom is -0.478 e. The van der Waals surface area contributed by atoms with Gasteiger partial charge in [0.2, 0.25) is 5.13 Å². The van der Waals surface area contributed by atoms with Crippen LogP contribution in [0.15, 0.2) is 28.6 Å². The van der Waals surface area contributed by atoms with E-state index in [0.717, 1.165) is 0 Å². The molecule has 10 heteroatoms. The average molecular weight is 402 g/mol. The van der Waals surface area contributed by atoms with Gasteiger partial charge in [-0.1, -0.05) is 34.7 Å². The molecule has 0 aliphatic heterocycles. The van der Waals surface area contributed by atoms with Crippen molar-refractivity contribution in [1.29, 1.82) is 0 Å². The van der Waals surface area contributed by atoms with Gasteiger partial charge in [0.15, 0.2) is 9.94 Å². The summed E-state index contributed by atoms with van der Waals surface area (Å²) in [5.74, 6) is -0.0768. The summed E-state index contributed by atoms with van der Waals surface area (Å²) in [6.07, 6.45) is 0. The number of rotatable bonds is 7. The van der Waals surface area contributed by atoms with Crippen LogP contribution in [0.1, 0.15) is 13.8 Å². The number of benzene rings is 1. The van der Waals surface area contributed by atoms with E-state index in [-0.39, 0.29) is 17.6 Å². The van der Waals surface area contributed by atoms with Gasteiger partial charge in [0.25, 0.3) is 5.91 Å². The Balaban J connectivity index is 1.94. The Morgan fingerprint density at radius 3 is 2.60 bits per heavy atom. The molecule has 2 rings (SSSR count). The van der Waals surface area contributed by atoms with Crippen LogP contribution in [-0.2, 0) is 14.3 Å². The normalized spacial score (nSPS) is 11.0. The number of amides is 1. The number of nitrogens with one attached hydrogen (secondary N) is 1. The van der Waals surface area contributed by atoms with Gasteiger partial charge in [-0.15, -0.1) is 10.2 Å². The Bertz CT molecular complexity index is 749. The molecule has 0 saturated heterocycles. The van der Waals surface area contributed by atoms with Crippen LogP contribution in [0.3, 0.4) is 0 Å². The van der Waals surface area contributed by atoms with Crippen LogP contribution < -0.4 is 10.1 Å². The van der Waals surface area contributed by atoms with Crippen molar-refractivity contribution < 1.29 is 19.1 Å². The number of carbonyl (C=O) groups is 2. The van der Waals surface area contributed by atoms with Gasteiger partial charge in [-0.05, 0) is 38.1 Å². The largest absolute Gasteiger partial charge is 0.478 e. The lowest BCUT2D eigenvalue weighted by molar-refractivity contribution is -0.137. The van der Waals surface area contributed by atoms with Gasteiger partial charge >= 0.3 is 5.97 Å². The third-order valence-electron chi connectivity index (χ3n) is 2.90. The van der Waals surface area contributed by atoms with Gasteiger partial charge in [0, 0.05) is 5.02 Å².